The van der Waals surface area contributed by atoms with Crippen molar-refractivity contribution < 1.29 is 9.90 Å². The standard InChI is InChI=1S/C17H24N2O2/c1-10(20)12-4-2-11(3-5-12)9-19-17(21)15-13-6-7-14(8-13)16(15)18/h2-5,10,13-16,20H,6-9,18H2,1H3,(H,19,21). The molecular weight excluding hydrogens is 264 g/mol. The van der Waals surface area contributed by atoms with Crippen molar-refractivity contribution in [3.63, 3.8) is 0 Å². The van der Waals surface area contributed by atoms with Crippen LogP contribution < -0.4 is 11.1 Å². The summed E-state index contributed by atoms with van der Waals surface area (Å²) in [5, 5.41) is 12.5. The summed E-state index contributed by atoms with van der Waals surface area (Å²) in [6.07, 6.45) is 3.01. The molecule has 2 bridgehead atoms. The van der Waals surface area contributed by atoms with Gasteiger partial charge < -0.3 is 16.2 Å². The molecule has 1 aromatic rings. The van der Waals surface area contributed by atoms with Gasteiger partial charge in [-0.3, -0.25) is 4.79 Å². The van der Waals surface area contributed by atoms with Gasteiger partial charge in [0.1, 0.15) is 0 Å². The van der Waals surface area contributed by atoms with Gasteiger partial charge in [0.15, 0.2) is 0 Å². The van der Waals surface area contributed by atoms with Gasteiger partial charge in [0.2, 0.25) is 5.91 Å². The highest BCUT2D eigenvalue weighted by Gasteiger charge is 2.48. The molecule has 4 N–H and O–H groups in total. The van der Waals surface area contributed by atoms with Crippen molar-refractivity contribution in [3.05, 3.63) is 35.4 Å². The van der Waals surface area contributed by atoms with E-state index in [4.69, 9.17) is 5.73 Å². The van der Waals surface area contributed by atoms with Gasteiger partial charge in [0.05, 0.1) is 12.0 Å². The molecule has 4 nitrogen and oxygen atoms in total. The maximum Gasteiger partial charge on any atom is 0.225 e. The minimum Gasteiger partial charge on any atom is -0.389 e. The van der Waals surface area contributed by atoms with Gasteiger partial charge in [0.25, 0.3) is 0 Å². The van der Waals surface area contributed by atoms with Crippen molar-refractivity contribution >= 4 is 5.91 Å². The summed E-state index contributed by atoms with van der Waals surface area (Å²) in [6.45, 7) is 2.27. The van der Waals surface area contributed by atoms with Crippen LogP contribution in [0.3, 0.4) is 0 Å². The number of aliphatic hydroxyl groups is 1. The zero-order valence-electron chi connectivity index (χ0n) is 12.5. The summed E-state index contributed by atoms with van der Waals surface area (Å²) in [6, 6.07) is 7.73. The second-order valence-corrected chi connectivity index (χ2v) is 6.57. The Balaban J connectivity index is 1.56. The van der Waals surface area contributed by atoms with Crippen LogP contribution in [0.1, 0.15) is 43.4 Å². The summed E-state index contributed by atoms with van der Waals surface area (Å²) < 4.78 is 0. The van der Waals surface area contributed by atoms with Gasteiger partial charge in [-0.05, 0) is 49.1 Å². The van der Waals surface area contributed by atoms with Gasteiger partial charge >= 0.3 is 0 Å². The second kappa shape index (κ2) is 5.78. The van der Waals surface area contributed by atoms with Crippen molar-refractivity contribution in [2.45, 2.75) is 44.9 Å². The molecule has 1 aromatic carbocycles. The Hall–Kier alpha value is -1.39. The van der Waals surface area contributed by atoms with Crippen LogP contribution in [0, 0.1) is 17.8 Å². The Morgan fingerprint density at radius 3 is 2.57 bits per heavy atom. The highest BCUT2D eigenvalue weighted by molar-refractivity contribution is 5.80. The van der Waals surface area contributed by atoms with Crippen molar-refractivity contribution in [3.8, 4) is 0 Å². The van der Waals surface area contributed by atoms with E-state index in [1.165, 1.54) is 6.42 Å². The summed E-state index contributed by atoms with van der Waals surface area (Å²) in [4.78, 5) is 12.4. The van der Waals surface area contributed by atoms with Crippen LogP contribution in [0.4, 0.5) is 0 Å². The molecule has 2 aliphatic carbocycles. The first-order chi connectivity index (χ1) is 10.1. The van der Waals surface area contributed by atoms with Gasteiger partial charge in [0, 0.05) is 12.6 Å². The molecule has 4 heteroatoms. The number of hydrogen-bond donors (Lipinski definition) is 3. The monoisotopic (exact) mass is 288 g/mol. The topological polar surface area (TPSA) is 75.3 Å². The molecule has 0 aliphatic heterocycles. The van der Waals surface area contributed by atoms with Crippen molar-refractivity contribution in [2.75, 3.05) is 0 Å². The number of carbonyl (C=O) groups is 1. The Bertz CT molecular complexity index is 510. The molecule has 0 aromatic heterocycles. The number of nitrogens with two attached hydrogens (primary N) is 1. The SMILES string of the molecule is CC(O)c1ccc(CNC(=O)C2C3CCC(C3)C2N)cc1. The van der Waals surface area contributed by atoms with E-state index < -0.39 is 6.10 Å². The van der Waals surface area contributed by atoms with Gasteiger partial charge in [-0.1, -0.05) is 24.3 Å². The number of aliphatic hydroxyl groups excluding tert-OH is 1. The predicted octanol–water partition coefficient (Wildman–Crippen LogP) is 1.73. The second-order valence-electron chi connectivity index (χ2n) is 6.57. The van der Waals surface area contributed by atoms with Gasteiger partial charge in [-0.25, -0.2) is 0 Å². The van der Waals surface area contributed by atoms with Crippen LogP contribution in [0.25, 0.3) is 0 Å². The van der Waals surface area contributed by atoms with Crippen LogP contribution in [0.15, 0.2) is 24.3 Å². The summed E-state index contributed by atoms with van der Waals surface area (Å²) in [5.41, 5.74) is 8.13. The highest BCUT2D eigenvalue weighted by Crippen LogP contribution is 2.47. The fourth-order valence-corrected chi connectivity index (χ4v) is 3.95. The average Bonchev–Trinajstić information content (AvgIpc) is 3.06. The van der Waals surface area contributed by atoms with Crippen LogP contribution in [0.2, 0.25) is 0 Å². The molecule has 2 aliphatic rings. The first-order valence-electron chi connectivity index (χ1n) is 7.86. The number of nitrogens with one attached hydrogen (secondary N) is 1. The highest BCUT2D eigenvalue weighted by atomic mass is 16.3. The normalized spacial score (nSPS) is 32.1. The molecular formula is C17H24N2O2. The molecule has 0 heterocycles. The summed E-state index contributed by atoms with van der Waals surface area (Å²) in [5.74, 6) is 1.15. The van der Waals surface area contributed by atoms with Crippen LogP contribution in [-0.2, 0) is 11.3 Å². The number of fused-ring (bicyclic) bond motifs is 2. The van der Waals surface area contributed by atoms with E-state index in [1.54, 1.807) is 6.92 Å². The molecule has 0 spiro atoms. The number of carbonyl (C=O) groups excluding carboxylic acids is 1. The largest absolute Gasteiger partial charge is 0.389 e. The van der Waals surface area contributed by atoms with E-state index in [2.05, 4.69) is 5.32 Å². The lowest BCUT2D eigenvalue weighted by Gasteiger charge is -2.27. The lowest BCUT2D eigenvalue weighted by atomic mass is 9.84. The first-order valence-corrected chi connectivity index (χ1v) is 7.86. The van der Waals surface area contributed by atoms with Crippen molar-refractivity contribution in [1.29, 1.82) is 0 Å². The van der Waals surface area contributed by atoms with E-state index in [0.717, 1.165) is 24.0 Å². The van der Waals surface area contributed by atoms with E-state index in [9.17, 15) is 9.90 Å². The molecule has 5 unspecified atom stereocenters. The Morgan fingerprint density at radius 1 is 1.33 bits per heavy atom. The van der Waals surface area contributed by atoms with Crippen LogP contribution >= 0.6 is 0 Å². The minimum atomic E-state index is -0.458. The van der Waals surface area contributed by atoms with Gasteiger partial charge in [-0.15, -0.1) is 0 Å². The third kappa shape index (κ3) is 2.83. The summed E-state index contributed by atoms with van der Waals surface area (Å²) >= 11 is 0. The summed E-state index contributed by atoms with van der Waals surface area (Å²) in [7, 11) is 0. The lowest BCUT2D eigenvalue weighted by molar-refractivity contribution is -0.127. The minimum absolute atomic E-state index is 0.000451. The van der Waals surface area contributed by atoms with E-state index >= 15 is 0 Å². The van der Waals surface area contributed by atoms with Crippen molar-refractivity contribution in [1.82, 2.24) is 5.32 Å². The fourth-order valence-electron chi connectivity index (χ4n) is 3.95. The molecule has 0 radical (unpaired) electrons. The molecule has 3 rings (SSSR count). The fraction of sp³-hybridized carbons (Fsp3) is 0.588. The molecule has 1 amide bonds. The molecule has 0 saturated heterocycles. The first kappa shape index (κ1) is 14.5. The third-order valence-electron chi connectivity index (χ3n) is 5.21. The molecule has 114 valence electrons. The number of rotatable bonds is 4. The lowest BCUT2D eigenvalue weighted by Crippen LogP contribution is -2.45. The maximum absolute atomic E-state index is 12.4. The Kier molecular flexibility index (Phi) is 4.00. The van der Waals surface area contributed by atoms with E-state index in [1.807, 2.05) is 24.3 Å². The van der Waals surface area contributed by atoms with Crippen molar-refractivity contribution in [2.24, 2.45) is 23.5 Å². The van der Waals surface area contributed by atoms with Crippen LogP contribution in [0.5, 0.6) is 0 Å². The van der Waals surface area contributed by atoms with Gasteiger partial charge in [-0.2, -0.15) is 0 Å². The number of amides is 1. The van der Waals surface area contributed by atoms with E-state index in [0.29, 0.717) is 18.4 Å². The Morgan fingerprint density at radius 2 is 2.00 bits per heavy atom. The molecule has 5 atom stereocenters. The number of hydrogen-bond acceptors (Lipinski definition) is 3. The zero-order valence-corrected chi connectivity index (χ0v) is 12.5. The third-order valence-corrected chi connectivity index (χ3v) is 5.21. The Labute approximate surface area is 125 Å². The molecule has 2 fully saturated rings. The zero-order chi connectivity index (χ0) is 15.0. The number of benzene rings is 1. The smallest absolute Gasteiger partial charge is 0.225 e. The van der Waals surface area contributed by atoms with E-state index in [-0.39, 0.29) is 17.9 Å². The molecule has 2 saturated carbocycles. The van der Waals surface area contributed by atoms with Crippen LogP contribution in [-0.4, -0.2) is 17.1 Å². The predicted molar refractivity (Wildman–Crippen MR) is 81.2 cm³/mol. The maximum atomic E-state index is 12.4. The molecule has 21 heavy (non-hydrogen) atoms. The quantitative estimate of drug-likeness (QED) is 0.790. The average molecular weight is 288 g/mol.